The first kappa shape index (κ1) is 13.7. The number of fused-ring (bicyclic) bond motifs is 5. The Labute approximate surface area is 130 Å². The first-order valence-electron chi connectivity index (χ1n) is 7.95. The molecule has 2 heterocycles. The molecule has 22 heavy (non-hydrogen) atoms. The number of rotatable bonds is 2. The van der Waals surface area contributed by atoms with Crippen molar-refractivity contribution in [2.45, 2.75) is 25.3 Å². The second-order valence-corrected chi connectivity index (χ2v) is 6.35. The van der Waals surface area contributed by atoms with Crippen LogP contribution in [0.1, 0.15) is 30.0 Å². The maximum absolute atomic E-state index is 12.7. The van der Waals surface area contributed by atoms with Gasteiger partial charge < -0.3 is 14.4 Å². The smallest absolute Gasteiger partial charge is 0.226 e. The minimum Gasteiger partial charge on any atom is -0.493 e. The lowest BCUT2D eigenvalue weighted by Gasteiger charge is -2.35. The van der Waals surface area contributed by atoms with Gasteiger partial charge in [0.05, 0.1) is 20.3 Å². The summed E-state index contributed by atoms with van der Waals surface area (Å²) >= 11 is 0. The van der Waals surface area contributed by atoms with E-state index in [4.69, 9.17) is 9.47 Å². The molecule has 0 radical (unpaired) electrons. The predicted molar refractivity (Wildman–Crippen MR) is 83.1 cm³/mol. The highest BCUT2D eigenvalue weighted by Gasteiger charge is 2.50. The molecular weight excluding hydrogens is 278 g/mol. The van der Waals surface area contributed by atoms with Gasteiger partial charge in [-0.15, -0.1) is 0 Å². The van der Waals surface area contributed by atoms with E-state index in [1.807, 2.05) is 0 Å². The number of carbonyl (C=O) groups is 1. The third kappa shape index (κ3) is 1.79. The van der Waals surface area contributed by atoms with Gasteiger partial charge in [0, 0.05) is 12.5 Å². The van der Waals surface area contributed by atoms with Gasteiger partial charge in [-0.05, 0) is 48.4 Å². The van der Waals surface area contributed by atoms with Crippen molar-refractivity contribution in [3.8, 4) is 11.5 Å². The second-order valence-electron chi connectivity index (χ2n) is 6.35. The minimum atomic E-state index is 0.161. The van der Waals surface area contributed by atoms with Crippen molar-refractivity contribution >= 4 is 5.91 Å². The van der Waals surface area contributed by atoms with Crippen LogP contribution >= 0.6 is 0 Å². The molecule has 1 aromatic carbocycles. The Bertz CT molecular complexity index is 652. The van der Waals surface area contributed by atoms with Crippen molar-refractivity contribution in [3.05, 3.63) is 35.4 Å². The molecule has 1 saturated heterocycles. The van der Waals surface area contributed by atoms with E-state index in [1.54, 1.807) is 14.2 Å². The van der Waals surface area contributed by atoms with Crippen LogP contribution in [0.3, 0.4) is 0 Å². The van der Waals surface area contributed by atoms with Crippen molar-refractivity contribution < 1.29 is 14.3 Å². The monoisotopic (exact) mass is 299 g/mol. The quantitative estimate of drug-likeness (QED) is 0.788. The Morgan fingerprint density at radius 3 is 2.59 bits per heavy atom. The number of ether oxygens (including phenoxy) is 2. The summed E-state index contributed by atoms with van der Waals surface area (Å²) < 4.78 is 10.9. The van der Waals surface area contributed by atoms with Gasteiger partial charge in [0.25, 0.3) is 0 Å². The summed E-state index contributed by atoms with van der Waals surface area (Å²) in [5.41, 5.74) is 2.54. The molecule has 0 bridgehead atoms. The van der Waals surface area contributed by atoms with Crippen LogP contribution in [0.15, 0.2) is 24.3 Å². The maximum Gasteiger partial charge on any atom is 0.226 e. The number of benzene rings is 1. The van der Waals surface area contributed by atoms with Gasteiger partial charge >= 0.3 is 0 Å². The molecule has 1 fully saturated rings. The van der Waals surface area contributed by atoms with Gasteiger partial charge in [0.2, 0.25) is 5.91 Å². The van der Waals surface area contributed by atoms with Crippen molar-refractivity contribution in [2.24, 2.45) is 11.8 Å². The molecule has 4 rings (SSSR count). The highest BCUT2D eigenvalue weighted by atomic mass is 16.5. The number of hydrogen-bond donors (Lipinski definition) is 0. The molecule has 1 amide bonds. The lowest BCUT2D eigenvalue weighted by Crippen LogP contribution is -2.35. The number of hydrogen-bond acceptors (Lipinski definition) is 3. The molecular formula is C18H21NO3. The fraction of sp³-hybridized carbons (Fsp3) is 0.500. The second kappa shape index (κ2) is 5.04. The number of nitrogens with zero attached hydrogens (tertiary/aromatic N) is 1. The van der Waals surface area contributed by atoms with Crippen LogP contribution in [0.2, 0.25) is 0 Å². The Morgan fingerprint density at radius 1 is 1.09 bits per heavy atom. The normalized spacial score (nSPS) is 28.9. The molecule has 1 aromatic rings. The zero-order valence-corrected chi connectivity index (χ0v) is 13.0. The van der Waals surface area contributed by atoms with Crippen LogP contribution in [0.25, 0.3) is 0 Å². The first-order valence-corrected chi connectivity index (χ1v) is 7.95. The zero-order chi connectivity index (χ0) is 15.3. The van der Waals surface area contributed by atoms with Gasteiger partial charge in [0.15, 0.2) is 11.5 Å². The number of amides is 1. The van der Waals surface area contributed by atoms with Crippen molar-refractivity contribution in [3.63, 3.8) is 0 Å². The molecule has 0 aromatic heterocycles. The summed E-state index contributed by atoms with van der Waals surface area (Å²) in [6, 6.07) is 4.37. The van der Waals surface area contributed by atoms with E-state index in [9.17, 15) is 4.79 Å². The van der Waals surface area contributed by atoms with Gasteiger partial charge in [-0.2, -0.15) is 0 Å². The summed E-state index contributed by atoms with van der Waals surface area (Å²) in [6.07, 6.45) is 7.16. The molecule has 3 atom stereocenters. The fourth-order valence-electron chi connectivity index (χ4n) is 4.37. The number of methoxy groups -OCH3 is 2. The minimum absolute atomic E-state index is 0.161. The van der Waals surface area contributed by atoms with Crippen LogP contribution in [0, 0.1) is 11.8 Å². The first-order chi connectivity index (χ1) is 10.7. The summed E-state index contributed by atoms with van der Waals surface area (Å²) in [5, 5.41) is 0. The highest BCUT2D eigenvalue weighted by molar-refractivity contribution is 5.83. The van der Waals surface area contributed by atoms with Crippen molar-refractivity contribution in [1.29, 1.82) is 0 Å². The molecule has 0 saturated carbocycles. The highest BCUT2D eigenvalue weighted by Crippen LogP contribution is 2.51. The molecule has 0 N–H and O–H groups in total. The van der Waals surface area contributed by atoms with Gasteiger partial charge in [-0.25, -0.2) is 0 Å². The summed E-state index contributed by atoms with van der Waals surface area (Å²) in [4.78, 5) is 14.8. The van der Waals surface area contributed by atoms with Crippen LogP contribution in [0.5, 0.6) is 11.5 Å². The zero-order valence-electron chi connectivity index (χ0n) is 13.0. The molecule has 1 aliphatic carbocycles. The van der Waals surface area contributed by atoms with Gasteiger partial charge in [0.1, 0.15) is 0 Å². The average molecular weight is 299 g/mol. The lowest BCUT2D eigenvalue weighted by molar-refractivity contribution is -0.132. The summed E-state index contributed by atoms with van der Waals surface area (Å²) in [5.74, 6) is 2.42. The molecule has 2 aliphatic heterocycles. The van der Waals surface area contributed by atoms with Crippen molar-refractivity contribution in [2.75, 3.05) is 20.8 Å². The predicted octanol–water partition coefficient (Wildman–Crippen LogP) is 2.73. The van der Waals surface area contributed by atoms with Gasteiger partial charge in [-0.1, -0.05) is 12.2 Å². The van der Waals surface area contributed by atoms with E-state index in [0.717, 1.165) is 37.3 Å². The lowest BCUT2D eigenvalue weighted by atomic mass is 9.78. The van der Waals surface area contributed by atoms with E-state index in [-0.39, 0.29) is 12.0 Å². The largest absolute Gasteiger partial charge is 0.493 e. The van der Waals surface area contributed by atoms with E-state index in [0.29, 0.717) is 11.8 Å². The SMILES string of the molecule is COc1cc2c(cc1OC)C1C3CC=CCC3C(=O)N1CC2. The average Bonchev–Trinajstić information content (AvgIpc) is 2.87. The number of allylic oxidation sites excluding steroid dienone is 2. The molecule has 4 nitrogen and oxygen atoms in total. The maximum atomic E-state index is 12.7. The van der Waals surface area contributed by atoms with Crippen molar-refractivity contribution in [1.82, 2.24) is 4.90 Å². The Hall–Kier alpha value is -1.97. The van der Waals surface area contributed by atoms with Crippen LogP contribution in [-0.2, 0) is 11.2 Å². The molecule has 3 aliphatic rings. The van der Waals surface area contributed by atoms with Crippen LogP contribution < -0.4 is 9.47 Å². The van der Waals surface area contributed by atoms with E-state index < -0.39 is 0 Å². The van der Waals surface area contributed by atoms with E-state index in [1.165, 1.54) is 11.1 Å². The Balaban J connectivity index is 1.82. The summed E-state index contributed by atoms with van der Waals surface area (Å²) in [6.45, 7) is 0.818. The fourth-order valence-corrected chi connectivity index (χ4v) is 4.37. The third-order valence-corrected chi connectivity index (χ3v) is 5.41. The topological polar surface area (TPSA) is 38.8 Å². The van der Waals surface area contributed by atoms with Crippen LogP contribution in [-0.4, -0.2) is 31.6 Å². The van der Waals surface area contributed by atoms with Crippen LogP contribution in [0.4, 0.5) is 0 Å². The molecule has 4 heteroatoms. The molecule has 116 valence electrons. The third-order valence-electron chi connectivity index (χ3n) is 5.41. The standard InChI is InChI=1S/C18H21NO3/c1-21-15-9-11-7-8-19-17(14(11)10-16(15)22-2)12-5-3-4-6-13(12)18(19)20/h3-4,9-10,12-13,17H,5-8H2,1-2H3. The Kier molecular flexibility index (Phi) is 3.13. The van der Waals surface area contributed by atoms with E-state index >= 15 is 0 Å². The molecule has 0 spiro atoms. The number of carbonyl (C=O) groups excluding carboxylic acids is 1. The Morgan fingerprint density at radius 2 is 1.82 bits per heavy atom. The summed E-state index contributed by atoms with van der Waals surface area (Å²) in [7, 11) is 3.33. The molecule has 3 unspecified atom stereocenters. The van der Waals surface area contributed by atoms with Gasteiger partial charge in [-0.3, -0.25) is 4.79 Å². The van der Waals surface area contributed by atoms with E-state index in [2.05, 4.69) is 29.2 Å².